The van der Waals surface area contributed by atoms with Gasteiger partial charge in [-0.1, -0.05) is 6.07 Å². The second-order valence-electron chi connectivity index (χ2n) is 4.62. The van der Waals surface area contributed by atoms with Crippen molar-refractivity contribution in [1.82, 2.24) is 9.97 Å². The summed E-state index contributed by atoms with van der Waals surface area (Å²) in [4.78, 5) is 22.2. The van der Waals surface area contributed by atoms with Crippen LogP contribution in [0.15, 0.2) is 36.7 Å². The molecule has 0 atom stereocenters. The van der Waals surface area contributed by atoms with Gasteiger partial charge in [-0.25, -0.2) is 9.78 Å². The van der Waals surface area contributed by atoms with Crippen LogP contribution in [0, 0.1) is 0 Å². The molecule has 0 aliphatic rings. The molecule has 110 valence electrons. The molecule has 0 spiro atoms. The molecule has 0 fully saturated rings. The quantitative estimate of drug-likeness (QED) is 0.839. The molecule has 6 heteroatoms. The lowest BCUT2D eigenvalue weighted by molar-refractivity contribution is 0.0601. The van der Waals surface area contributed by atoms with Crippen LogP contribution in [0.2, 0.25) is 0 Å². The van der Waals surface area contributed by atoms with Gasteiger partial charge < -0.3 is 15.4 Å². The first-order chi connectivity index (χ1) is 10.1. The van der Waals surface area contributed by atoms with Crippen LogP contribution in [0.5, 0.6) is 0 Å². The number of anilines is 2. The minimum Gasteiger partial charge on any atom is -0.465 e. The van der Waals surface area contributed by atoms with Crippen molar-refractivity contribution in [3.63, 3.8) is 0 Å². The number of likely N-dealkylation sites (N-methyl/N-ethyl adjacent to an activating group) is 1. The molecule has 0 saturated carbocycles. The van der Waals surface area contributed by atoms with Crippen molar-refractivity contribution in [2.24, 2.45) is 0 Å². The lowest BCUT2D eigenvalue weighted by Crippen LogP contribution is -2.24. The zero-order chi connectivity index (χ0) is 15.2. The van der Waals surface area contributed by atoms with Gasteiger partial charge >= 0.3 is 5.97 Å². The summed E-state index contributed by atoms with van der Waals surface area (Å²) in [5.41, 5.74) is 7.46. The summed E-state index contributed by atoms with van der Waals surface area (Å²) < 4.78 is 4.77. The third-order valence-corrected chi connectivity index (χ3v) is 3.08. The third-order valence-electron chi connectivity index (χ3n) is 3.08. The monoisotopic (exact) mass is 286 g/mol. The number of methoxy groups -OCH3 is 1. The number of rotatable bonds is 5. The lowest BCUT2D eigenvalue weighted by Gasteiger charge is -2.20. The molecule has 21 heavy (non-hydrogen) atoms. The minimum atomic E-state index is -0.450. The number of ether oxygens (including phenoxy) is 1. The Morgan fingerprint density at radius 1 is 1.38 bits per heavy atom. The molecular weight excluding hydrogens is 268 g/mol. The van der Waals surface area contributed by atoms with Crippen LogP contribution in [0.4, 0.5) is 11.5 Å². The maximum atomic E-state index is 11.8. The highest BCUT2D eigenvalue weighted by atomic mass is 16.5. The first kappa shape index (κ1) is 14.8. The van der Waals surface area contributed by atoms with Gasteiger partial charge in [0.1, 0.15) is 11.4 Å². The fourth-order valence-electron chi connectivity index (χ4n) is 1.97. The van der Waals surface area contributed by atoms with E-state index in [0.29, 0.717) is 23.6 Å². The van der Waals surface area contributed by atoms with Crippen molar-refractivity contribution in [3.8, 4) is 0 Å². The summed E-state index contributed by atoms with van der Waals surface area (Å²) in [5.74, 6) is 0.0986. The van der Waals surface area contributed by atoms with Crippen molar-refractivity contribution in [3.05, 3.63) is 47.9 Å². The van der Waals surface area contributed by atoms with Gasteiger partial charge in [0, 0.05) is 31.9 Å². The molecule has 0 bridgehead atoms. The SMILES string of the molecule is COC(=O)c1cc(N)cnc1N(C)CCc1ccccn1. The molecule has 2 rings (SSSR count). The van der Waals surface area contributed by atoms with E-state index in [9.17, 15) is 4.79 Å². The molecule has 0 aromatic carbocycles. The van der Waals surface area contributed by atoms with Crippen LogP contribution in [0.3, 0.4) is 0 Å². The number of nitrogens with zero attached hydrogens (tertiary/aromatic N) is 3. The van der Waals surface area contributed by atoms with Crippen molar-refractivity contribution in [1.29, 1.82) is 0 Å². The Balaban J connectivity index is 2.15. The highest BCUT2D eigenvalue weighted by Gasteiger charge is 2.17. The Morgan fingerprint density at radius 3 is 2.86 bits per heavy atom. The summed E-state index contributed by atoms with van der Waals surface area (Å²) in [6, 6.07) is 7.37. The predicted molar refractivity (Wildman–Crippen MR) is 81.2 cm³/mol. The van der Waals surface area contributed by atoms with Gasteiger partial charge in [0.2, 0.25) is 0 Å². The minimum absolute atomic E-state index is 0.362. The molecule has 2 heterocycles. The summed E-state index contributed by atoms with van der Waals surface area (Å²) >= 11 is 0. The summed E-state index contributed by atoms with van der Waals surface area (Å²) in [7, 11) is 3.21. The first-order valence-electron chi connectivity index (χ1n) is 6.56. The number of nitrogens with two attached hydrogens (primary N) is 1. The van der Waals surface area contributed by atoms with E-state index >= 15 is 0 Å². The molecule has 0 saturated heterocycles. The predicted octanol–water partition coefficient (Wildman–Crippen LogP) is 1.52. The number of carbonyl (C=O) groups is 1. The fraction of sp³-hybridized carbons (Fsp3) is 0.267. The Labute approximate surface area is 123 Å². The van der Waals surface area contributed by atoms with Crippen LogP contribution >= 0.6 is 0 Å². The van der Waals surface area contributed by atoms with Crippen molar-refractivity contribution < 1.29 is 9.53 Å². The van der Waals surface area contributed by atoms with Crippen molar-refractivity contribution in [2.75, 3.05) is 31.3 Å². The smallest absolute Gasteiger partial charge is 0.341 e. The number of nitrogen functional groups attached to an aromatic ring is 1. The standard InChI is InChI=1S/C15H18N4O2/c1-19(8-6-12-5-3-4-7-17-12)14-13(15(20)21-2)9-11(16)10-18-14/h3-5,7,9-10H,6,8,16H2,1-2H3. The van der Waals surface area contributed by atoms with Gasteiger partial charge in [-0.3, -0.25) is 4.98 Å². The normalized spacial score (nSPS) is 10.2. The molecule has 0 aliphatic heterocycles. The van der Waals surface area contributed by atoms with Gasteiger partial charge in [0.15, 0.2) is 0 Å². The molecular formula is C15H18N4O2. The second-order valence-corrected chi connectivity index (χ2v) is 4.62. The van der Waals surface area contributed by atoms with E-state index in [2.05, 4.69) is 9.97 Å². The maximum Gasteiger partial charge on any atom is 0.341 e. The number of carbonyl (C=O) groups excluding carboxylic acids is 1. The topological polar surface area (TPSA) is 81.3 Å². The number of hydrogen-bond donors (Lipinski definition) is 1. The average Bonchev–Trinajstić information content (AvgIpc) is 2.52. The molecule has 0 amide bonds. The summed E-state index contributed by atoms with van der Waals surface area (Å²) in [5, 5.41) is 0. The molecule has 0 radical (unpaired) electrons. The number of aromatic nitrogens is 2. The second kappa shape index (κ2) is 6.69. The average molecular weight is 286 g/mol. The van der Waals surface area contributed by atoms with Gasteiger partial charge in [-0.05, 0) is 18.2 Å². The molecule has 2 N–H and O–H groups in total. The summed E-state index contributed by atoms with van der Waals surface area (Å²) in [6.45, 7) is 0.678. The van der Waals surface area contributed by atoms with Gasteiger partial charge in [0.25, 0.3) is 0 Å². The van der Waals surface area contributed by atoms with Gasteiger partial charge in [0.05, 0.1) is 19.0 Å². The molecule has 6 nitrogen and oxygen atoms in total. The Morgan fingerprint density at radius 2 is 2.19 bits per heavy atom. The zero-order valence-electron chi connectivity index (χ0n) is 12.1. The van der Waals surface area contributed by atoms with Crippen molar-refractivity contribution in [2.45, 2.75) is 6.42 Å². The Hall–Kier alpha value is -2.63. The number of hydrogen-bond acceptors (Lipinski definition) is 6. The molecule has 0 aliphatic carbocycles. The molecule has 2 aromatic heterocycles. The lowest BCUT2D eigenvalue weighted by atomic mass is 10.2. The van der Waals surface area contributed by atoms with E-state index in [1.165, 1.54) is 13.3 Å². The van der Waals surface area contributed by atoms with E-state index < -0.39 is 5.97 Å². The Bertz CT molecular complexity index is 616. The molecule has 2 aromatic rings. The zero-order valence-corrected chi connectivity index (χ0v) is 12.1. The van der Waals surface area contributed by atoms with Crippen LogP contribution in [-0.2, 0) is 11.2 Å². The van der Waals surface area contributed by atoms with E-state index in [1.54, 1.807) is 12.3 Å². The van der Waals surface area contributed by atoms with E-state index in [0.717, 1.165) is 12.1 Å². The van der Waals surface area contributed by atoms with Crippen LogP contribution in [-0.4, -0.2) is 36.6 Å². The Kier molecular flexibility index (Phi) is 4.71. The van der Waals surface area contributed by atoms with Crippen LogP contribution in [0.25, 0.3) is 0 Å². The van der Waals surface area contributed by atoms with Gasteiger partial charge in [-0.15, -0.1) is 0 Å². The highest BCUT2D eigenvalue weighted by Crippen LogP contribution is 2.20. The van der Waals surface area contributed by atoms with Crippen LogP contribution < -0.4 is 10.6 Å². The van der Waals surface area contributed by atoms with E-state index in [1.807, 2.05) is 30.1 Å². The van der Waals surface area contributed by atoms with Crippen molar-refractivity contribution >= 4 is 17.5 Å². The molecule has 0 unspecified atom stereocenters. The highest BCUT2D eigenvalue weighted by molar-refractivity contribution is 5.95. The third kappa shape index (κ3) is 3.68. The first-order valence-corrected chi connectivity index (χ1v) is 6.56. The number of esters is 1. The fourth-order valence-corrected chi connectivity index (χ4v) is 1.97. The summed E-state index contributed by atoms with van der Waals surface area (Å²) in [6.07, 6.45) is 4.04. The van der Waals surface area contributed by atoms with Gasteiger partial charge in [-0.2, -0.15) is 0 Å². The number of pyridine rings is 2. The maximum absolute atomic E-state index is 11.8. The van der Waals surface area contributed by atoms with E-state index in [-0.39, 0.29) is 0 Å². The largest absolute Gasteiger partial charge is 0.465 e. The van der Waals surface area contributed by atoms with E-state index in [4.69, 9.17) is 10.5 Å². The van der Waals surface area contributed by atoms with Crippen LogP contribution in [0.1, 0.15) is 16.1 Å².